The maximum absolute atomic E-state index is 6.06. The topological polar surface area (TPSA) is 35.2 Å². The van der Waals surface area contributed by atoms with Crippen LogP contribution in [0.1, 0.15) is 38.7 Å². The largest absolute Gasteiger partial charge is 0.490 e. The van der Waals surface area contributed by atoms with Gasteiger partial charge in [0, 0.05) is 6.54 Å². The Kier molecular flexibility index (Phi) is 4.06. The van der Waals surface area contributed by atoms with Gasteiger partial charge in [-0.2, -0.15) is 0 Å². The fourth-order valence-electron chi connectivity index (χ4n) is 2.54. The number of benzene rings is 1. The molecule has 2 rings (SSSR count). The molecule has 0 radical (unpaired) electrons. The Morgan fingerprint density at radius 2 is 2.06 bits per heavy atom. The van der Waals surface area contributed by atoms with E-state index in [9.17, 15) is 0 Å². The molecule has 2 heteroatoms. The molecule has 0 heterocycles. The average Bonchev–Trinajstić information content (AvgIpc) is 2.34. The molecule has 2 nitrogen and oxygen atoms in total. The molecule has 17 heavy (non-hydrogen) atoms. The maximum Gasteiger partial charge on any atom is 0.120 e. The van der Waals surface area contributed by atoms with E-state index in [1.165, 1.54) is 19.3 Å². The van der Waals surface area contributed by atoms with Crippen molar-refractivity contribution in [2.24, 2.45) is 17.6 Å². The Labute approximate surface area is 104 Å². The molecule has 3 atom stereocenters. The summed E-state index contributed by atoms with van der Waals surface area (Å²) in [4.78, 5) is 0. The third-order valence-electron chi connectivity index (χ3n) is 3.99. The lowest BCUT2D eigenvalue weighted by molar-refractivity contribution is 0.101. The standard InChI is InChI=1S/C15H23NO/c1-11-6-7-15(8-12(11)2)17-14-5-3-4-13(9-14)10-16/h3-5,9,11-12,15H,6-8,10,16H2,1-2H3. The Bertz CT molecular complexity index is 364. The van der Waals surface area contributed by atoms with Crippen molar-refractivity contribution in [3.63, 3.8) is 0 Å². The van der Waals surface area contributed by atoms with E-state index in [1.807, 2.05) is 18.2 Å². The van der Waals surface area contributed by atoms with Crippen molar-refractivity contribution in [3.05, 3.63) is 29.8 Å². The van der Waals surface area contributed by atoms with E-state index < -0.39 is 0 Å². The van der Waals surface area contributed by atoms with Crippen LogP contribution < -0.4 is 10.5 Å². The molecule has 0 bridgehead atoms. The number of hydrogen-bond donors (Lipinski definition) is 1. The molecule has 1 aliphatic carbocycles. The second kappa shape index (κ2) is 5.54. The van der Waals surface area contributed by atoms with Crippen molar-refractivity contribution >= 4 is 0 Å². The zero-order valence-corrected chi connectivity index (χ0v) is 10.9. The summed E-state index contributed by atoms with van der Waals surface area (Å²) in [5, 5.41) is 0. The molecular weight excluding hydrogens is 210 g/mol. The zero-order chi connectivity index (χ0) is 12.3. The second-order valence-corrected chi connectivity index (χ2v) is 5.36. The minimum absolute atomic E-state index is 0.384. The van der Waals surface area contributed by atoms with Gasteiger partial charge < -0.3 is 10.5 Å². The fraction of sp³-hybridized carbons (Fsp3) is 0.600. The first-order valence-corrected chi connectivity index (χ1v) is 6.64. The van der Waals surface area contributed by atoms with E-state index >= 15 is 0 Å². The van der Waals surface area contributed by atoms with Crippen LogP contribution in [0.3, 0.4) is 0 Å². The van der Waals surface area contributed by atoms with Gasteiger partial charge in [0.15, 0.2) is 0 Å². The lowest BCUT2D eigenvalue weighted by Gasteiger charge is -2.32. The van der Waals surface area contributed by atoms with Crippen molar-refractivity contribution in [1.82, 2.24) is 0 Å². The lowest BCUT2D eigenvalue weighted by atomic mass is 9.80. The van der Waals surface area contributed by atoms with Crippen LogP contribution in [0, 0.1) is 11.8 Å². The number of rotatable bonds is 3. The van der Waals surface area contributed by atoms with Crippen molar-refractivity contribution in [2.45, 2.75) is 45.8 Å². The molecule has 94 valence electrons. The molecular formula is C15H23NO. The van der Waals surface area contributed by atoms with E-state index in [2.05, 4.69) is 19.9 Å². The molecule has 0 saturated heterocycles. The first kappa shape index (κ1) is 12.4. The summed E-state index contributed by atoms with van der Waals surface area (Å²) < 4.78 is 6.06. The Morgan fingerprint density at radius 3 is 2.76 bits per heavy atom. The molecule has 2 N–H and O–H groups in total. The summed E-state index contributed by atoms with van der Waals surface area (Å²) in [5.74, 6) is 2.58. The molecule has 1 saturated carbocycles. The minimum atomic E-state index is 0.384. The van der Waals surface area contributed by atoms with Crippen LogP contribution in [-0.4, -0.2) is 6.10 Å². The summed E-state index contributed by atoms with van der Waals surface area (Å²) in [6, 6.07) is 8.15. The van der Waals surface area contributed by atoms with Crippen LogP contribution in [0.15, 0.2) is 24.3 Å². The van der Waals surface area contributed by atoms with Gasteiger partial charge in [0.05, 0.1) is 6.10 Å². The fourth-order valence-corrected chi connectivity index (χ4v) is 2.54. The van der Waals surface area contributed by atoms with Crippen LogP contribution in [0.5, 0.6) is 5.75 Å². The Morgan fingerprint density at radius 1 is 1.24 bits per heavy atom. The molecule has 0 amide bonds. The summed E-state index contributed by atoms with van der Waals surface area (Å²) >= 11 is 0. The highest BCUT2D eigenvalue weighted by Gasteiger charge is 2.25. The minimum Gasteiger partial charge on any atom is -0.490 e. The van der Waals surface area contributed by atoms with Crippen LogP contribution in [0.2, 0.25) is 0 Å². The monoisotopic (exact) mass is 233 g/mol. The Balaban J connectivity index is 1.96. The van der Waals surface area contributed by atoms with Gasteiger partial charge in [-0.15, -0.1) is 0 Å². The van der Waals surface area contributed by atoms with Gasteiger partial charge >= 0.3 is 0 Å². The molecule has 1 fully saturated rings. The predicted molar refractivity (Wildman–Crippen MR) is 70.9 cm³/mol. The van der Waals surface area contributed by atoms with Gasteiger partial charge in [-0.3, -0.25) is 0 Å². The molecule has 1 aromatic rings. The maximum atomic E-state index is 6.06. The normalized spacial score (nSPS) is 29.0. The molecule has 0 aliphatic heterocycles. The van der Waals surface area contributed by atoms with E-state index in [0.717, 1.165) is 23.1 Å². The second-order valence-electron chi connectivity index (χ2n) is 5.36. The summed E-state index contributed by atoms with van der Waals surface area (Å²) in [6.45, 7) is 5.25. The summed E-state index contributed by atoms with van der Waals surface area (Å²) in [6.07, 6.45) is 4.02. The van der Waals surface area contributed by atoms with Crippen molar-refractivity contribution < 1.29 is 4.74 Å². The number of hydrogen-bond acceptors (Lipinski definition) is 2. The van der Waals surface area contributed by atoms with Crippen molar-refractivity contribution in [2.75, 3.05) is 0 Å². The third-order valence-corrected chi connectivity index (χ3v) is 3.99. The van der Waals surface area contributed by atoms with Crippen LogP contribution in [0.25, 0.3) is 0 Å². The van der Waals surface area contributed by atoms with Crippen LogP contribution in [-0.2, 0) is 6.54 Å². The van der Waals surface area contributed by atoms with E-state index in [-0.39, 0.29) is 0 Å². The van der Waals surface area contributed by atoms with E-state index in [0.29, 0.717) is 12.6 Å². The van der Waals surface area contributed by atoms with Gasteiger partial charge in [0.25, 0.3) is 0 Å². The lowest BCUT2D eigenvalue weighted by Crippen LogP contribution is -2.28. The van der Waals surface area contributed by atoms with E-state index in [4.69, 9.17) is 10.5 Å². The summed E-state index contributed by atoms with van der Waals surface area (Å²) in [5.41, 5.74) is 6.78. The molecule has 3 unspecified atom stereocenters. The smallest absolute Gasteiger partial charge is 0.120 e. The quantitative estimate of drug-likeness (QED) is 0.869. The van der Waals surface area contributed by atoms with Crippen molar-refractivity contribution in [3.8, 4) is 5.75 Å². The first-order valence-electron chi connectivity index (χ1n) is 6.64. The Hall–Kier alpha value is -1.02. The molecule has 1 aromatic carbocycles. The molecule has 1 aliphatic rings. The van der Waals surface area contributed by atoms with Gasteiger partial charge in [0.2, 0.25) is 0 Å². The first-order chi connectivity index (χ1) is 8.19. The predicted octanol–water partition coefficient (Wildman–Crippen LogP) is 3.35. The SMILES string of the molecule is CC1CCC(Oc2cccc(CN)c2)CC1C. The molecule has 0 aromatic heterocycles. The van der Waals surface area contributed by atoms with Gasteiger partial charge in [-0.05, 0) is 48.8 Å². The number of ether oxygens (including phenoxy) is 1. The van der Waals surface area contributed by atoms with Gasteiger partial charge in [0.1, 0.15) is 5.75 Å². The van der Waals surface area contributed by atoms with Gasteiger partial charge in [-0.25, -0.2) is 0 Å². The molecule has 0 spiro atoms. The highest BCUT2D eigenvalue weighted by atomic mass is 16.5. The zero-order valence-electron chi connectivity index (χ0n) is 10.9. The highest BCUT2D eigenvalue weighted by Crippen LogP contribution is 2.31. The third kappa shape index (κ3) is 3.22. The van der Waals surface area contributed by atoms with Crippen molar-refractivity contribution in [1.29, 1.82) is 0 Å². The van der Waals surface area contributed by atoms with Gasteiger partial charge in [-0.1, -0.05) is 26.0 Å². The van der Waals surface area contributed by atoms with E-state index in [1.54, 1.807) is 0 Å². The van der Waals surface area contributed by atoms with Crippen LogP contribution in [0.4, 0.5) is 0 Å². The highest BCUT2D eigenvalue weighted by molar-refractivity contribution is 5.28. The number of nitrogens with two attached hydrogens (primary N) is 1. The summed E-state index contributed by atoms with van der Waals surface area (Å²) in [7, 11) is 0. The van der Waals surface area contributed by atoms with Crippen LogP contribution >= 0.6 is 0 Å². The average molecular weight is 233 g/mol.